The summed E-state index contributed by atoms with van der Waals surface area (Å²) in [5, 5.41) is 0. The molecule has 0 N–H and O–H groups in total. The highest BCUT2D eigenvalue weighted by Crippen LogP contribution is 2.31. The summed E-state index contributed by atoms with van der Waals surface area (Å²) in [6.07, 6.45) is -7.27. The van der Waals surface area contributed by atoms with Gasteiger partial charge in [-0.3, -0.25) is 0 Å². The van der Waals surface area contributed by atoms with E-state index in [1.165, 1.54) is 25.2 Å². The summed E-state index contributed by atoms with van der Waals surface area (Å²) in [6.45, 7) is -0.0987. The topological polar surface area (TPSA) is 78.9 Å². The fourth-order valence-electron chi connectivity index (χ4n) is 3.85. The van der Waals surface area contributed by atoms with Gasteiger partial charge in [0, 0.05) is 18.2 Å². The molecule has 0 spiro atoms. The van der Waals surface area contributed by atoms with Crippen LogP contribution in [0.3, 0.4) is 0 Å². The van der Waals surface area contributed by atoms with Gasteiger partial charge >= 0.3 is 36.4 Å². The first-order valence-electron chi connectivity index (χ1n) is 14.3. The van der Waals surface area contributed by atoms with Gasteiger partial charge in [-0.25, -0.2) is 14.4 Å². The maximum Gasteiger partial charge on any atom is 0.416 e. The van der Waals surface area contributed by atoms with Crippen LogP contribution in [0.25, 0.3) is 18.2 Å². The number of benzene rings is 3. The van der Waals surface area contributed by atoms with Gasteiger partial charge in [0.1, 0.15) is 19.8 Å². The average Bonchev–Trinajstić information content (AvgIpc) is 3.05. The minimum atomic E-state index is -4.55. The van der Waals surface area contributed by atoms with Crippen molar-refractivity contribution >= 4 is 36.1 Å². The zero-order valence-electron chi connectivity index (χ0n) is 25.9. The molecule has 3 aromatic rings. The molecule has 50 heavy (non-hydrogen) atoms. The van der Waals surface area contributed by atoms with Crippen molar-refractivity contribution in [2.24, 2.45) is 5.41 Å². The summed E-state index contributed by atoms with van der Waals surface area (Å²) in [5.74, 6) is -2.84. The van der Waals surface area contributed by atoms with Crippen molar-refractivity contribution in [3.05, 3.63) is 124 Å². The molecular formula is C35H27F9O6. The second kappa shape index (κ2) is 16.4. The van der Waals surface area contributed by atoms with Crippen molar-refractivity contribution in [2.45, 2.75) is 25.5 Å². The fourth-order valence-corrected chi connectivity index (χ4v) is 3.85. The van der Waals surface area contributed by atoms with Crippen molar-refractivity contribution < 1.29 is 68.1 Å². The van der Waals surface area contributed by atoms with Crippen LogP contribution in [0.2, 0.25) is 0 Å². The Bertz CT molecular complexity index is 1500. The maximum absolute atomic E-state index is 12.8. The normalized spacial score (nSPS) is 12.8. The Hall–Kier alpha value is -5.34. The maximum atomic E-state index is 12.8. The van der Waals surface area contributed by atoms with Crippen molar-refractivity contribution in [1.82, 2.24) is 0 Å². The van der Waals surface area contributed by atoms with Gasteiger partial charge in [-0.1, -0.05) is 36.4 Å². The van der Waals surface area contributed by atoms with Crippen LogP contribution >= 0.6 is 0 Å². The van der Waals surface area contributed by atoms with E-state index in [4.69, 9.17) is 14.2 Å². The lowest BCUT2D eigenvalue weighted by atomic mass is 9.94. The minimum Gasteiger partial charge on any atom is -0.462 e. The third-order valence-electron chi connectivity index (χ3n) is 6.64. The molecule has 0 aromatic heterocycles. The molecular weight excluding hydrogens is 687 g/mol. The van der Waals surface area contributed by atoms with Gasteiger partial charge in [0.15, 0.2) is 0 Å². The van der Waals surface area contributed by atoms with E-state index in [0.29, 0.717) is 0 Å². The predicted molar refractivity (Wildman–Crippen MR) is 162 cm³/mol. The van der Waals surface area contributed by atoms with Crippen LogP contribution in [-0.4, -0.2) is 37.7 Å². The Morgan fingerprint density at radius 3 is 0.880 bits per heavy atom. The van der Waals surface area contributed by atoms with Gasteiger partial charge in [-0.15, -0.1) is 0 Å². The highest BCUT2D eigenvalue weighted by Gasteiger charge is 2.32. The lowest BCUT2D eigenvalue weighted by Gasteiger charge is -2.27. The number of carbonyl (C=O) groups excluding carboxylic acids is 3. The van der Waals surface area contributed by atoms with Gasteiger partial charge in [0.2, 0.25) is 0 Å². The molecule has 0 atom stereocenters. The molecule has 0 heterocycles. The van der Waals surface area contributed by atoms with E-state index in [1.807, 2.05) is 0 Å². The molecule has 0 unspecified atom stereocenters. The smallest absolute Gasteiger partial charge is 0.416 e. The van der Waals surface area contributed by atoms with Crippen LogP contribution in [0.4, 0.5) is 39.5 Å². The van der Waals surface area contributed by atoms with E-state index in [0.717, 1.165) is 91.0 Å². The van der Waals surface area contributed by atoms with Gasteiger partial charge in [0.05, 0.1) is 22.1 Å². The molecule has 0 saturated carbocycles. The molecule has 0 aliphatic rings. The summed E-state index contributed by atoms with van der Waals surface area (Å²) < 4.78 is 131. The monoisotopic (exact) mass is 714 g/mol. The first-order valence-corrected chi connectivity index (χ1v) is 14.3. The summed E-state index contributed by atoms with van der Waals surface area (Å²) in [6, 6.07) is 11.7. The van der Waals surface area contributed by atoms with Gasteiger partial charge in [0.25, 0.3) is 0 Å². The van der Waals surface area contributed by atoms with Gasteiger partial charge in [-0.05, 0) is 78.2 Å². The molecule has 0 bridgehead atoms. The highest BCUT2D eigenvalue weighted by atomic mass is 19.4. The van der Waals surface area contributed by atoms with Crippen molar-refractivity contribution in [1.29, 1.82) is 0 Å². The highest BCUT2D eigenvalue weighted by molar-refractivity contribution is 5.88. The van der Waals surface area contributed by atoms with Crippen LogP contribution in [0.1, 0.15) is 40.3 Å². The van der Waals surface area contributed by atoms with E-state index in [2.05, 4.69) is 0 Å². The van der Waals surface area contributed by atoms with Crippen LogP contribution in [-0.2, 0) is 47.1 Å². The lowest BCUT2D eigenvalue weighted by Crippen LogP contribution is -2.36. The van der Waals surface area contributed by atoms with Crippen LogP contribution in [0.15, 0.2) is 91.0 Å². The van der Waals surface area contributed by atoms with Crippen LogP contribution < -0.4 is 0 Å². The van der Waals surface area contributed by atoms with E-state index in [9.17, 15) is 53.9 Å². The SMILES string of the molecule is CC(COC(=O)/C=C/c1ccc(C(F)(F)F)cc1)(COC(=O)/C=C/c1ccc(C(F)(F)F)cc1)COC(=O)/C=C/c1ccc(C(F)(F)F)cc1. The number of hydrogen-bond acceptors (Lipinski definition) is 6. The van der Waals surface area contributed by atoms with Crippen LogP contribution in [0, 0.1) is 5.41 Å². The number of rotatable bonds is 12. The third-order valence-corrected chi connectivity index (χ3v) is 6.64. The lowest BCUT2D eigenvalue weighted by molar-refractivity contribution is -0.154. The molecule has 0 aliphatic heterocycles. The second-order valence-electron chi connectivity index (χ2n) is 11.0. The number of carbonyl (C=O) groups is 3. The van der Waals surface area contributed by atoms with Crippen molar-refractivity contribution in [3.8, 4) is 0 Å². The Morgan fingerprint density at radius 1 is 0.460 bits per heavy atom. The molecule has 0 amide bonds. The summed E-state index contributed by atoms with van der Waals surface area (Å²) >= 11 is 0. The molecule has 3 rings (SSSR count). The Balaban J connectivity index is 1.65. The molecule has 3 aromatic carbocycles. The molecule has 0 radical (unpaired) electrons. The Morgan fingerprint density at radius 2 is 0.680 bits per heavy atom. The number of alkyl halides is 9. The first-order chi connectivity index (χ1) is 23.2. The van der Waals surface area contributed by atoms with Crippen molar-refractivity contribution in [2.75, 3.05) is 19.8 Å². The Labute approximate surface area is 279 Å². The Kier molecular flexibility index (Phi) is 12.8. The predicted octanol–water partition coefficient (Wildman–Crippen LogP) is 8.82. The third kappa shape index (κ3) is 12.9. The fraction of sp³-hybridized carbons (Fsp3) is 0.229. The van der Waals surface area contributed by atoms with E-state index < -0.39 is 78.4 Å². The number of esters is 3. The number of hydrogen-bond donors (Lipinski definition) is 0. The largest absolute Gasteiger partial charge is 0.462 e. The molecule has 6 nitrogen and oxygen atoms in total. The van der Waals surface area contributed by atoms with E-state index in [1.54, 1.807) is 0 Å². The second-order valence-corrected chi connectivity index (χ2v) is 11.0. The molecule has 0 fully saturated rings. The quantitative estimate of drug-likeness (QED) is 0.0808. The van der Waals surface area contributed by atoms with Crippen molar-refractivity contribution in [3.63, 3.8) is 0 Å². The summed E-state index contributed by atoms with van der Waals surface area (Å²) in [5.41, 5.74) is -3.30. The van der Waals surface area contributed by atoms with Gasteiger partial charge < -0.3 is 14.2 Å². The van der Waals surface area contributed by atoms with E-state index in [-0.39, 0.29) is 16.7 Å². The molecule has 0 aliphatic carbocycles. The summed E-state index contributed by atoms with van der Waals surface area (Å²) in [7, 11) is 0. The standard InChI is InChI=1S/C35H27F9O6/c1-32(20-48-29(45)17-8-23-2-11-26(12-3-23)33(36,37)38,21-49-30(46)18-9-24-4-13-27(14-5-24)34(39,40)41)22-50-31(47)19-10-25-6-15-28(16-7-25)35(42,43)44/h2-19H,20-22H2,1H3/b17-8+,18-9+,19-10+. The number of halogens is 9. The van der Waals surface area contributed by atoms with Gasteiger partial charge in [-0.2, -0.15) is 39.5 Å². The molecule has 266 valence electrons. The zero-order valence-corrected chi connectivity index (χ0v) is 25.9. The molecule has 0 saturated heterocycles. The van der Waals surface area contributed by atoms with Crippen LogP contribution in [0.5, 0.6) is 0 Å². The first kappa shape index (κ1) is 39.1. The zero-order chi connectivity index (χ0) is 37.2. The summed E-state index contributed by atoms with van der Waals surface area (Å²) in [4.78, 5) is 37.2. The minimum absolute atomic E-state index is 0.250. The average molecular weight is 715 g/mol. The van der Waals surface area contributed by atoms with E-state index >= 15 is 0 Å². The molecule has 15 heteroatoms. The number of ether oxygens (including phenoxy) is 3.